The molecule has 0 aromatic heterocycles. The van der Waals surface area contributed by atoms with Crippen LogP contribution in [0.2, 0.25) is 0 Å². The Bertz CT molecular complexity index is 229. The molecule has 74 valence electrons. The summed E-state index contributed by atoms with van der Waals surface area (Å²) in [6.45, 7) is 8.80. The zero-order valence-corrected chi connectivity index (χ0v) is 9.15. The van der Waals surface area contributed by atoms with Gasteiger partial charge < -0.3 is 5.73 Å². The van der Waals surface area contributed by atoms with E-state index in [9.17, 15) is 0 Å². The summed E-state index contributed by atoms with van der Waals surface area (Å²) < 4.78 is 0. The molecule has 0 unspecified atom stereocenters. The Morgan fingerprint density at radius 1 is 1.00 bits per heavy atom. The molecule has 0 atom stereocenters. The fourth-order valence-corrected chi connectivity index (χ4v) is 3.27. The minimum absolute atomic E-state index is 0.201. The van der Waals surface area contributed by atoms with E-state index in [0.29, 0.717) is 0 Å². The third-order valence-electron chi connectivity index (χ3n) is 2.77. The van der Waals surface area contributed by atoms with Crippen molar-refractivity contribution in [1.82, 2.24) is 0 Å². The van der Waals surface area contributed by atoms with E-state index in [4.69, 9.17) is 11.0 Å². The molecule has 2 N–H and O–H groups in total. The molecule has 0 radical (unpaired) electrons. The first-order chi connectivity index (χ1) is 5.68. The molecule has 0 aromatic rings. The number of nitrogens with two attached hydrogens (primary N) is 1. The SMILES string of the molecule is CC1(C)CC(C)(C)CC(N)(C#N)C1. The van der Waals surface area contributed by atoms with Crippen molar-refractivity contribution in [2.75, 3.05) is 0 Å². The Kier molecular flexibility index (Phi) is 2.20. The highest BCUT2D eigenvalue weighted by Crippen LogP contribution is 2.48. The lowest BCUT2D eigenvalue weighted by molar-refractivity contribution is 0.0729. The van der Waals surface area contributed by atoms with E-state index in [-0.39, 0.29) is 10.8 Å². The second kappa shape index (κ2) is 2.72. The van der Waals surface area contributed by atoms with Gasteiger partial charge in [0.05, 0.1) is 6.07 Å². The molecule has 1 aliphatic carbocycles. The maximum absolute atomic E-state index is 9.04. The van der Waals surface area contributed by atoms with E-state index in [1.807, 2.05) is 0 Å². The molecular weight excluding hydrogens is 160 g/mol. The van der Waals surface area contributed by atoms with E-state index < -0.39 is 5.54 Å². The summed E-state index contributed by atoms with van der Waals surface area (Å²) in [6.07, 6.45) is 2.79. The van der Waals surface area contributed by atoms with Crippen molar-refractivity contribution in [3.05, 3.63) is 0 Å². The third-order valence-corrected chi connectivity index (χ3v) is 2.77. The summed E-state index contributed by atoms with van der Waals surface area (Å²) in [6, 6.07) is 2.27. The van der Waals surface area contributed by atoms with Gasteiger partial charge in [-0.25, -0.2) is 0 Å². The van der Waals surface area contributed by atoms with Gasteiger partial charge in [-0.1, -0.05) is 27.7 Å². The number of nitriles is 1. The van der Waals surface area contributed by atoms with Crippen LogP contribution in [0.4, 0.5) is 0 Å². The third kappa shape index (κ3) is 2.45. The van der Waals surface area contributed by atoms with Crippen molar-refractivity contribution in [2.45, 2.75) is 52.5 Å². The van der Waals surface area contributed by atoms with Gasteiger partial charge in [0.2, 0.25) is 0 Å². The van der Waals surface area contributed by atoms with Crippen molar-refractivity contribution in [3.8, 4) is 6.07 Å². The second-order valence-electron chi connectivity index (χ2n) is 6.13. The van der Waals surface area contributed by atoms with Gasteiger partial charge in [0.15, 0.2) is 0 Å². The molecule has 1 rings (SSSR count). The molecule has 0 saturated heterocycles. The van der Waals surface area contributed by atoms with Gasteiger partial charge in [-0.2, -0.15) is 5.26 Å². The van der Waals surface area contributed by atoms with Crippen molar-refractivity contribution in [1.29, 1.82) is 5.26 Å². The highest BCUT2D eigenvalue weighted by atomic mass is 14.8. The molecule has 0 spiro atoms. The molecule has 0 aliphatic heterocycles. The summed E-state index contributed by atoms with van der Waals surface area (Å²) in [5, 5.41) is 9.04. The van der Waals surface area contributed by atoms with Crippen LogP contribution in [0, 0.1) is 22.2 Å². The van der Waals surface area contributed by atoms with Crippen molar-refractivity contribution in [3.63, 3.8) is 0 Å². The maximum atomic E-state index is 9.04. The molecule has 2 nitrogen and oxygen atoms in total. The van der Waals surface area contributed by atoms with Crippen molar-refractivity contribution < 1.29 is 0 Å². The van der Waals surface area contributed by atoms with E-state index in [1.54, 1.807) is 0 Å². The number of hydrogen-bond acceptors (Lipinski definition) is 2. The average molecular weight is 180 g/mol. The molecule has 0 heterocycles. The zero-order valence-electron chi connectivity index (χ0n) is 9.15. The van der Waals surface area contributed by atoms with E-state index in [1.165, 1.54) is 0 Å². The predicted octanol–water partition coefficient (Wildman–Crippen LogP) is 2.44. The van der Waals surface area contributed by atoms with Crippen LogP contribution >= 0.6 is 0 Å². The molecule has 1 fully saturated rings. The largest absolute Gasteiger partial charge is 0.313 e. The minimum Gasteiger partial charge on any atom is -0.313 e. The summed E-state index contributed by atoms with van der Waals surface area (Å²) in [4.78, 5) is 0. The molecule has 13 heavy (non-hydrogen) atoms. The lowest BCUT2D eigenvalue weighted by atomic mass is 9.59. The molecule has 1 saturated carbocycles. The van der Waals surface area contributed by atoms with Crippen molar-refractivity contribution >= 4 is 0 Å². The normalized spacial score (nSPS) is 29.2. The van der Waals surface area contributed by atoms with E-state index in [2.05, 4.69) is 33.8 Å². The maximum Gasteiger partial charge on any atom is 0.105 e. The summed E-state index contributed by atoms with van der Waals surface area (Å²) >= 11 is 0. The quantitative estimate of drug-likeness (QED) is 0.622. The number of nitrogens with zero attached hydrogens (tertiary/aromatic N) is 1. The Morgan fingerprint density at radius 3 is 1.69 bits per heavy atom. The summed E-state index contributed by atoms with van der Waals surface area (Å²) in [5.74, 6) is 0. The van der Waals surface area contributed by atoms with Crippen LogP contribution in [0.25, 0.3) is 0 Å². The predicted molar refractivity (Wildman–Crippen MR) is 53.9 cm³/mol. The highest BCUT2D eigenvalue weighted by Gasteiger charge is 2.45. The highest BCUT2D eigenvalue weighted by molar-refractivity contribution is 5.12. The molecule has 0 amide bonds. The Balaban J connectivity index is 2.92. The van der Waals surface area contributed by atoms with Gasteiger partial charge in [0, 0.05) is 0 Å². The molecule has 0 bridgehead atoms. The summed E-state index contributed by atoms with van der Waals surface area (Å²) in [5.41, 5.74) is 5.84. The lowest BCUT2D eigenvalue weighted by Gasteiger charge is -2.47. The van der Waals surface area contributed by atoms with Crippen LogP contribution in [0.15, 0.2) is 0 Å². The first kappa shape index (κ1) is 10.5. The Morgan fingerprint density at radius 2 is 1.38 bits per heavy atom. The molecule has 1 aliphatic rings. The smallest absolute Gasteiger partial charge is 0.105 e. The van der Waals surface area contributed by atoms with Crippen LogP contribution in [-0.2, 0) is 0 Å². The standard InChI is InChI=1S/C11H20N2/c1-9(2)5-10(3,4)7-11(13,6-9)8-12/h5-7,13H2,1-4H3. The van der Waals surface area contributed by atoms with Crippen LogP contribution < -0.4 is 5.73 Å². The van der Waals surface area contributed by atoms with Gasteiger partial charge in [0.1, 0.15) is 5.54 Å². The average Bonchev–Trinajstić information content (AvgIpc) is 1.79. The van der Waals surface area contributed by atoms with Gasteiger partial charge in [-0.15, -0.1) is 0 Å². The lowest BCUT2D eigenvalue weighted by Crippen LogP contribution is -2.51. The fourth-order valence-electron chi connectivity index (χ4n) is 3.27. The van der Waals surface area contributed by atoms with Gasteiger partial charge >= 0.3 is 0 Å². The first-order valence-corrected chi connectivity index (χ1v) is 4.88. The molecule has 2 heteroatoms. The van der Waals surface area contributed by atoms with E-state index >= 15 is 0 Å². The van der Waals surface area contributed by atoms with Crippen molar-refractivity contribution in [2.24, 2.45) is 16.6 Å². The number of hydrogen-bond donors (Lipinski definition) is 1. The Hall–Kier alpha value is -0.550. The van der Waals surface area contributed by atoms with Gasteiger partial charge in [-0.3, -0.25) is 0 Å². The monoisotopic (exact) mass is 180 g/mol. The number of rotatable bonds is 0. The molecular formula is C11H20N2. The Labute approximate surface area is 81.1 Å². The topological polar surface area (TPSA) is 49.8 Å². The zero-order chi connectivity index (χ0) is 10.3. The first-order valence-electron chi connectivity index (χ1n) is 4.88. The van der Waals surface area contributed by atoms with Crippen LogP contribution in [-0.4, -0.2) is 5.54 Å². The van der Waals surface area contributed by atoms with Gasteiger partial charge in [-0.05, 0) is 30.1 Å². The van der Waals surface area contributed by atoms with E-state index in [0.717, 1.165) is 19.3 Å². The minimum atomic E-state index is -0.606. The fraction of sp³-hybridized carbons (Fsp3) is 0.909. The summed E-state index contributed by atoms with van der Waals surface area (Å²) in [7, 11) is 0. The molecule has 0 aromatic carbocycles. The van der Waals surface area contributed by atoms with Crippen LogP contribution in [0.5, 0.6) is 0 Å². The second-order valence-corrected chi connectivity index (χ2v) is 6.13. The van der Waals surface area contributed by atoms with Crippen LogP contribution in [0.3, 0.4) is 0 Å². The van der Waals surface area contributed by atoms with Crippen LogP contribution in [0.1, 0.15) is 47.0 Å². The van der Waals surface area contributed by atoms with Gasteiger partial charge in [0.25, 0.3) is 0 Å².